The first kappa shape index (κ1) is 16.8. The number of benzene rings is 1. The van der Waals surface area contributed by atoms with Gasteiger partial charge in [0.05, 0.1) is 12.0 Å². The molecular formula is C21H24N2O4. The van der Waals surface area contributed by atoms with Crippen LogP contribution in [0.2, 0.25) is 0 Å². The van der Waals surface area contributed by atoms with Gasteiger partial charge in [0.1, 0.15) is 11.4 Å². The lowest BCUT2D eigenvalue weighted by Gasteiger charge is -2.37. The van der Waals surface area contributed by atoms with Gasteiger partial charge in [-0.25, -0.2) is 0 Å². The predicted octanol–water partition coefficient (Wildman–Crippen LogP) is 1.79. The summed E-state index contributed by atoms with van der Waals surface area (Å²) in [4.78, 5) is 38.8. The normalized spacial score (nSPS) is 33.6. The van der Waals surface area contributed by atoms with Crippen LogP contribution in [-0.2, 0) is 9.59 Å². The van der Waals surface area contributed by atoms with Gasteiger partial charge >= 0.3 is 0 Å². The quantitative estimate of drug-likeness (QED) is 0.879. The lowest BCUT2D eigenvalue weighted by molar-refractivity contribution is -0.128. The van der Waals surface area contributed by atoms with Crippen LogP contribution in [0.3, 0.4) is 0 Å². The van der Waals surface area contributed by atoms with Crippen LogP contribution < -0.4 is 10.1 Å². The molecule has 0 unspecified atom stereocenters. The number of carbonyl (C=O) groups is 3. The van der Waals surface area contributed by atoms with Gasteiger partial charge in [0.25, 0.3) is 0 Å². The van der Waals surface area contributed by atoms with Gasteiger partial charge in [-0.3, -0.25) is 14.4 Å². The van der Waals surface area contributed by atoms with Crippen LogP contribution in [0.4, 0.5) is 0 Å². The van der Waals surface area contributed by atoms with Crippen LogP contribution in [0.15, 0.2) is 24.3 Å². The average molecular weight is 368 g/mol. The van der Waals surface area contributed by atoms with Crippen molar-refractivity contribution in [3.63, 3.8) is 0 Å². The maximum atomic E-state index is 12.7. The fourth-order valence-electron chi connectivity index (χ4n) is 5.49. The lowest BCUT2D eigenvalue weighted by atomic mass is 9.84. The van der Waals surface area contributed by atoms with Crippen molar-refractivity contribution in [1.29, 1.82) is 0 Å². The minimum atomic E-state index is -0.511. The number of amides is 2. The standard InChI is InChI=1S/C21H24N2O4/c24-15-12-21(27-16-5-2-1-4-13(15)16)8-7-14-18(19(14)21)20(26)22-9-11-23-10-3-6-17(23)25/h1-2,4-5,14,18-19H,3,6-12H2,(H,22,26)/t14-,18+,19+,21-/m0/s1. The maximum Gasteiger partial charge on any atom is 0.223 e. The molecule has 4 atom stereocenters. The largest absolute Gasteiger partial charge is 0.486 e. The molecule has 0 aromatic heterocycles. The zero-order valence-corrected chi connectivity index (χ0v) is 15.3. The first-order valence-corrected chi connectivity index (χ1v) is 9.96. The number of para-hydroxylation sites is 1. The van der Waals surface area contributed by atoms with Crippen molar-refractivity contribution in [2.24, 2.45) is 17.8 Å². The first-order valence-electron chi connectivity index (χ1n) is 9.96. The SMILES string of the molecule is O=C1C[C@]2(CC[C@H]3[C@@H](C(=O)NCCN4CCCC4=O)[C@@H]32)Oc2ccccc21. The molecule has 1 spiro atoms. The Morgan fingerprint density at radius 2 is 2.15 bits per heavy atom. The van der Waals surface area contributed by atoms with Gasteiger partial charge < -0.3 is 15.0 Å². The number of nitrogens with one attached hydrogen (secondary N) is 1. The summed E-state index contributed by atoms with van der Waals surface area (Å²) >= 11 is 0. The number of ketones is 1. The third-order valence-corrected chi connectivity index (χ3v) is 6.79. The molecule has 2 aliphatic carbocycles. The number of nitrogens with zero attached hydrogens (tertiary/aromatic N) is 1. The molecule has 1 aromatic rings. The number of carbonyl (C=O) groups excluding carboxylic acids is 3. The van der Waals surface area contributed by atoms with Gasteiger partial charge in [-0.1, -0.05) is 12.1 Å². The van der Waals surface area contributed by atoms with E-state index in [0.29, 0.717) is 43.2 Å². The van der Waals surface area contributed by atoms with Crippen LogP contribution in [0.1, 0.15) is 42.5 Å². The number of rotatable bonds is 4. The summed E-state index contributed by atoms with van der Waals surface area (Å²) in [6, 6.07) is 7.40. The molecule has 2 saturated carbocycles. The second-order valence-electron chi connectivity index (χ2n) is 8.29. The second-order valence-corrected chi connectivity index (χ2v) is 8.29. The Morgan fingerprint density at radius 1 is 1.30 bits per heavy atom. The van der Waals surface area contributed by atoms with Gasteiger partial charge in [-0.05, 0) is 37.3 Å². The van der Waals surface area contributed by atoms with Crippen LogP contribution >= 0.6 is 0 Å². The summed E-state index contributed by atoms with van der Waals surface area (Å²) in [5.41, 5.74) is 0.145. The van der Waals surface area contributed by atoms with Gasteiger partial charge in [0, 0.05) is 37.9 Å². The molecule has 2 aliphatic heterocycles. The molecule has 4 aliphatic rings. The molecule has 2 heterocycles. The van der Waals surface area contributed by atoms with Crippen molar-refractivity contribution >= 4 is 17.6 Å². The summed E-state index contributed by atoms with van der Waals surface area (Å²) in [6.45, 7) is 1.87. The molecule has 0 bridgehead atoms. The summed E-state index contributed by atoms with van der Waals surface area (Å²) in [5, 5.41) is 3.00. The minimum Gasteiger partial charge on any atom is -0.486 e. The van der Waals surface area contributed by atoms with Gasteiger partial charge in [-0.2, -0.15) is 0 Å². The van der Waals surface area contributed by atoms with E-state index in [1.807, 2.05) is 29.2 Å². The molecule has 6 heteroatoms. The lowest BCUT2D eigenvalue weighted by Crippen LogP contribution is -2.45. The van der Waals surface area contributed by atoms with E-state index in [2.05, 4.69) is 5.32 Å². The number of Topliss-reactive ketones (excluding diaryl/α,β-unsaturated/α-hetero) is 1. The average Bonchev–Trinajstić information content (AvgIpc) is 3.12. The molecule has 6 nitrogen and oxygen atoms in total. The predicted molar refractivity (Wildman–Crippen MR) is 97.3 cm³/mol. The van der Waals surface area contributed by atoms with Crippen LogP contribution in [0, 0.1) is 17.8 Å². The molecule has 0 radical (unpaired) electrons. The number of hydrogen-bond acceptors (Lipinski definition) is 4. The van der Waals surface area contributed by atoms with E-state index in [1.54, 1.807) is 0 Å². The fraction of sp³-hybridized carbons (Fsp3) is 0.571. The van der Waals surface area contributed by atoms with E-state index in [0.717, 1.165) is 25.8 Å². The summed E-state index contributed by atoms with van der Waals surface area (Å²) in [7, 11) is 0. The monoisotopic (exact) mass is 368 g/mol. The topological polar surface area (TPSA) is 75.7 Å². The molecule has 27 heavy (non-hydrogen) atoms. The van der Waals surface area contributed by atoms with Gasteiger partial charge in [0.2, 0.25) is 11.8 Å². The third-order valence-electron chi connectivity index (χ3n) is 6.79. The van der Waals surface area contributed by atoms with Crippen molar-refractivity contribution in [3.8, 4) is 5.75 Å². The molecule has 1 N–H and O–H groups in total. The highest BCUT2D eigenvalue weighted by Crippen LogP contribution is 2.65. The number of ether oxygens (including phenoxy) is 1. The molecular weight excluding hydrogens is 344 g/mol. The highest BCUT2D eigenvalue weighted by atomic mass is 16.5. The zero-order chi connectivity index (χ0) is 18.6. The first-order chi connectivity index (χ1) is 13.1. The van der Waals surface area contributed by atoms with Crippen molar-refractivity contribution in [2.45, 2.75) is 37.7 Å². The van der Waals surface area contributed by atoms with E-state index in [-0.39, 0.29) is 29.4 Å². The molecule has 1 saturated heterocycles. The van der Waals surface area contributed by atoms with Crippen molar-refractivity contribution in [1.82, 2.24) is 10.2 Å². The van der Waals surface area contributed by atoms with Crippen LogP contribution in [0.25, 0.3) is 0 Å². The van der Waals surface area contributed by atoms with E-state index >= 15 is 0 Å². The number of fused-ring (bicyclic) bond motifs is 3. The third kappa shape index (κ3) is 2.65. The molecule has 142 valence electrons. The Kier molecular flexibility index (Phi) is 3.78. The molecule has 5 rings (SSSR count). The Bertz CT molecular complexity index is 822. The smallest absolute Gasteiger partial charge is 0.223 e. The molecule has 3 fully saturated rings. The summed E-state index contributed by atoms with van der Waals surface area (Å²) in [5.74, 6) is 1.39. The second kappa shape index (κ2) is 6.08. The minimum absolute atomic E-state index is 0.0469. The number of likely N-dealkylation sites (tertiary alicyclic amines) is 1. The highest BCUT2D eigenvalue weighted by molar-refractivity contribution is 6.00. The number of hydrogen-bond donors (Lipinski definition) is 1. The van der Waals surface area contributed by atoms with E-state index in [4.69, 9.17) is 4.74 Å². The van der Waals surface area contributed by atoms with E-state index < -0.39 is 5.60 Å². The van der Waals surface area contributed by atoms with Crippen LogP contribution in [-0.4, -0.2) is 47.7 Å². The maximum absolute atomic E-state index is 12.7. The van der Waals surface area contributed by atoms with E-state index in [1.165, 1.54) is 0 Å². The van der Waals surface area contributed by atoms with E-state index in [9.17, 15) is 14.4 Å². The van der Waals surface area contributed by atoms with Crippen molar-refractivity contribution in [3.05, 3.63) is 29.8 Å². The zero-order valence-electron chi connectivity index (χ0n) is 15.3. The Hall–Kier alpha value is -2.37. The summed E-state index contributed by atoms with van der Waals surface area (Å²) < 4.78 is 6.33. The highest BCUT2D eigenvalue weighted by Gasteiger charge is 2.70. The van der Waals surface area contributed by atoms with Crippen molar-refractivity contribution < 1.29 is 19.1 Å². The van der Waals surface area contributed by atoms with Gasteiger partial charge in [-0.15, -0.1) is 0 Å². The Balaban J connectivity index is 1.23. The fourth-order valence-corrected chi connectivity index (χ4v) is 5.49. The Morgan fingerprint density at radius 3 is 2.96 bits per heavy atom. The summed E-state index contributed by atoms with van der Waals surface area (Å²) in [6.07, 6.45) is 3.68. The molecule has 2 amide bonds. The van der Waals surface area contributed by atoms with Gasteiger partial charge in [0.15, 0.2) is 5.78 Å². The molecule has 1 aromatic carbocycles. The van der Waals surface area contributed by atoms with Crippen molar-refractivity contribution in [2.75, 3.05) is 19.6 Å². The Labute approximate surface area is 158 Å². The van der Waals surface area contributed by atoms with Crippen LogP contribution in [0.5, 0.6) is 5.75 Å².